The fourth-order valence-electron chi connectivity index (χ4n) is 3.74. The standard InChI is InChI=1S/C21H19Cl2FN2O2/c22-14-3-6-16(19(23)11-14)20(27)25-7-9-26(10-8-25)21(28)18-12-17(18)13-1-4-15(24)5-2-13/h1-6,11,17-18H,7-10,12H2. The number of piperazine rings is 1. The van der Waals surface area contributed by atoms with Gasteiger partial charge in [-0.15, -0.1) is 0 Å². The van der Waals surface area contributed by atoms with E-state index in [1.165, 1.54) is 12.1 Å². The van der Waals surface area contributed by atoms with E-state index in [0.717, 1.165) is 12.0 Å². The summed E-state index contributed by atoms with van der Waals surface area (Å²) >= 11 is 12.0. The van der Waals surface area contributed by atoms with Gasteiger partial charge in [0.25, 0.3) is 5.91 Å². The molecule has 2 atom stereocenters. The van der Waals surface area contributed by atoms with Crippen molar-refractivity contribution in [3.05, 3.63) is 69.5 Å². The van der Waals surface area contributed by atoms with Crippen LogP contribution in [-0.4, -0.2) is 47.8 Å². The molecule has 146 valence electrons. The third-order valence-electron chi connectivity index (χ3n) is 5.45. The molecule has 2 unspecified atom stereocenters. The predicted octanol–water partition coefficient (Wildman–Crippen LogP) is 4.22. The minimum Gasteiger partial charge on any atom is -0.339 e. The Bertz CT molecular complexity index is 911. The van der Waals surface area contributed by atoms with Gasteiger partial charge in [0.2, 0.25) is 5.91 Å². The predicted molar refractivity (Wildman–Crippen MR) is 106 cm³/mol. The van der Waals surface area contributed by atoms with Crippen LogP contribution in [0.5, 0.6) is 0 Å². The third-order valence-corrected chi connectivity index (χ3v) is 5.99. The first kappa shape index (κ1) is 19.2. The van der Waals surface area contributed by atoms with Crippen LogP contribution in [0, 0.1) is 11.7 Å². The van der Waals surface area contributed by atoms with E-state index in [-0.39, 0.29) is 29.5 Å². The summed E-state index contributed by atoms with van der Waals surface area (Å²) in [5.74, 6) is -0.178. The van der Waals surface area contributed by atoms with Crippen LogP contribution in [0.1, 0.15) is 28.3 Å². The normalized spacial score (nSPS) is 21.5. The number of hydrogen-bond acceptors (Lipinski definition) is 2. The van der Waals surface area contributed by atoms with Crippen LogP contribution in [0.3, 0.4) is 0 Å². The van der Waals surface area contributed by atoms with E-state index >= 15 is 0 Å². The molecule has 1 saturated heterocycles. The van der Waals surface area contributed by atoms with E-state index < -0.39 is 0 Å². The van der Waals surface area contributed by atoms with Crippen molar-refractivity contribution in [3.8, 4) is 0 Å². The minimum atomic E-state index is -0.270. The second kappa shape index (κ2) is 7.72. The zero-order chi connectivity index (χ0) is 19.8. The Hall–Kier alpha value is -2.11. The van der Waals surface area contributed by atoms with Crippen molar-refractivity contribution in [2.24, 2.45) is 5.92 Å². The molecule has 4 nitrogen and oxygen atoms in total. The van der Waals surface area contributed by atoms with Crippen LogP contribution in [0.2, 0.25) is 10.0 Å². The van der Waals surface area contributed by atoms with Gasteiger partial charge in [-0.1, -0.05) is 35.3 Å². The summed E-state index contributed by atoms with van der Waals surface area (Å²) in [6, 6.07) is 11.2. The number of carbonyl (C=O) groups is 2. The molecular formula is C21H19Cl2FN2O2. The lowest BCUT2D eigenvalue weighted by atomic mass is 10.1. The second-order valence-corrected chi connectivity index (χ2v) is 8.09. The maximum atomic E-state index is 13.1. The van der Waals surface area contributed by atoms with Gasteiger partial charge in [-0.25, -0.2) is 4.39 Å². The Morgan fingerprint density at radius 1 is 0.929 bits per heavy atom. The zero-order valence-electron chi connectivity index (χ0n) is 15.1. The Morgan fingerprint density at radius 3 is 2.21 bits per heavy atom. The van der Waals surface area contributed by atoms with E-state index in [1.54, 1.807) is 35.2 Å². The van der Waals surface area contributed by atoms with Gasteiger partial charge < -0.3 is 9.80 Å². The molecule has 2 aliphatic rings. The number of hydrogen-bond donors (Lipinski definition) is 0. The van der Waals surface area contributed by atoms with Crippen LogP contribution in [0.15, 0.2) is 42.5 Å². The van der Waals surface area contributed by atoms with Crippen molar-refractivity contribution in [2.75, 3.05) is 26.2 Å². The number of benzene rings is 2. The molecule has 4 rings (SSSR count). The summed E-state index contributed by atoms with van der Waals surface area (Å²) in [5, 5.41) is 0.813. The number of carbonyl (C=O) groups excluding carboxylic acids is 2. The monoisotopic (exact) mass is 420 g/mol. The molecule has 1 heterocycles. The maximum Gasteiger partial charge on any atom is 0.255 e. The van der Waals surface area contributed by atoms with E-state index in [9.17, 15) is 14.0 Å². The molecule has 7 heteroatoms. The topological polar surface area (TPSA) is 40.6 Å². The van der Waals surface area contributed by atoms with E-state index in [2.05, 4.69) is 0 Å². The Labute approximate surface area is 172 Å². The van der Waals surface area contributed by atoms with Gasteiger partial charge in [-0.2, -0.15) is 0 Å². The zero-order valence-corrected chi connectivity index (χ0v) is 16.6. The first-order valence-corrected chi connectivity index (χ1v) is 9.98. The highest BCUT2D eigenvalue weighted by molar-refractivity contribution is 6.36. The van der Waals surface area contributed by atoms with Crippen LogP contribution in [0.4, 0.5) is 4.39 Å². The van der Waals surface area contributed by atoms with E-state index in [1.807, 2.05) is 4.90 Å². The van der Waals surface area contributed by atoms with Gasteiger partial charge in [-0.3, -0.25) is 9.59 Å². The first-order valence-electron chi connectivity index (χ1n) is 9.22. The van der Waals surface area contributed by atoms with Gasteiger partial charge in [0.15, 0.2) is 0 Å². The average Bonchev–Trinajstić information content (AvgIpc) is 3.48. The molecule has 2 fully saturated rings. The molecule has 0 radical (unpaired) electrons. The molecule has 1 aliphatic heterocycles. The lowest BCUT2D eigenvalue weighted by Crippen LogP contribution is -2.51. The van der Waals surface area contributed by atoms with Crippen molar-refractivity contribution < 1.29 is 14.0 Å². The van der Waals surface area contributed by atoms with Crippen molar-refractivity contribution in [3.63, 3.8) is 0 Å². The number of halogens is 3. The lowest BCUT2D eigenvalue weighted by molar-refractivity contribution is -0.134. The molecular weight excluding hydrogens is 402 g/mol. The van der Waals surface area contributed by atoms with Gasteiger partial charge in [-0.05, 0) is 48.2 Å². The maximum absolute atomic E-state index is 13.1. The fraction of sp³-hybridized carbons (Fsp3) is 0.333. The third kappa shape index (κ3) is 3.87. The number of rotatable bonds is 3. The highest BCUT2D eigenvalue weighted by atomic mass is 35.5. The van der Waals surface area contributed by atoms with E-state index in [0.29, 0.717) is 41.8 Å². The Morgan fingerprint density at radius 2 is 1.57 bits per heavy atom. The summed E-state index contributed by atoms with van der Waals surface area (Å²) in [4.78, 5) is 29.0. The van der Waals surface area contributed by atoms with Gasteiger partial charge >= 0.3 is 0 Å². The lowest BCUT2D eigenvalue weighted by Gasteiger charge is -2.35. The van der Waals surface area contributed by atoms with Crippen molar-refractivity contribution in [1.29, 1.82) is 0 Å². The Balaban J connectivity index is 1.33. The molecule has 0 bridgehead atoms. The average molecular weight is 421 g/mol. The van der Waals surface area contributed by atoms with Crippen LogP contribution in [-0.2, 0) is 4.79 Å². The first-order chi connectivity index (χ1) is 13.4. The second-order valence-electron chi connectivity index (χ2n) is 7.24. The summed E-state index contributed by atoms with van der Waals surface area (Å²) in [6.45, 7) is 1.94. The van der Waals surface area contributed by atoms with Crippen molar-refractivity contribution >= 4 is 35.0 Å². The van der Waals surface area contributed by atoms with E-state index in [4.69, 9.17) is 23.2 Å². The van der Waals surface area contributed by atoms with Gasteiger partial charge in [0.05, 0.1) is 10.6 Å². The van der Waals surface area contributed by atoms with Crippen LogP contribution in [0.25, 0.3) is 0 Å². The Kier molecular flexibility index (Phi) is 5.30. The highest BCUT2D eigenvalue weighted by Gasteiger charge is 2.46. The highest BCUT2D eigenvalue weighted by Crippen LogP contribution is 2.48. The molecule has 2 aromatic rings. The molecule has 0 N–H and O–H groups in total. The molecule has 0 spiro atoms. The fourth-order valence-corrected chi connectivity index (χ4v) is 4.23. The van der Waals surface area contributed by atoms with Crippen molar-refractivity contribution in [2.45, 2.75) is 12.3 Å². The number of nitrogens with zero attached hydrogens (tertiary/aromatic N) is 2. The quantitative estimate of drug-likeness (QED) is 0.745. The SMILES string of the molecule is O=C(c1ccc(Cl)cc1Cl)N1CCN(C(=O)C2CC2c2ccc(F)cc2)CC1. The molecule has 1 saturated carbocycles. The van der Waals surface area contributed by atoms with Crippen LogP contribution >= 0.6 is 23.2 Å². The van der Waals surface area contributed by atoms with Gasteiger partial charge in [0.1, 0.15) is 5.82 Å². The summed E-state index contributed by atoms with van der Waals surface area (Å²) in [7, 11) is 0. The molecule has 28 heavy (non-hydrogen) atoms. The summed E-state index contributed by atoms with van der Waals surface area (Å²) < 4.78 is 13.1. The van der Waals surface area contributed by atoms with Gasteiger partial charge in [0, 0.05) is 37.1 Å². The summed E-state index contributed by atoms with van der Waals surface area (Å²) in [6.07, 6.45) is 0.796. The molecule has 2 amide bonds. The molecule has 2 aromatic carbocycles. The van der Waals surface area contributed by atoms with Crippen LogP contribution < -0.4 is 0 Å². The molecule has 0 aromatic heterocycles. The van der Waals surface area contributed by atoms with Crippen molar-refractivity contribution in [1.82, 2.24) is 9.80 Å². The summed E-state index contributed by atoms with van der Waals surface area (Å²) in [5.41, 5.74) is 1.43. The molecule has 1 aliphatic carbocycles. The smallest absolute Gasteiger partial charge is 0.255 e. The largest absolute Gasteiger partial charge is 0.339 e. The number of amides is 2. The minimum absolute atomic E-state index is 0.0431.